The lowest BCUT2D eigenvalue weighted by atomic mass is 10.1. The van der Waals surface area contributed by atoms with Crippen LogP contribution >= 0.6 is 0 Å². The Morgan fingerprint density at radius 3 is 2.52 bits per heavy atom. The Hall–Kier alpha value is -2.84. The average Bonchev–Trinajstić information content (AvgIpc) is 2.70. The Bertz CT molecular complexity index is 810. The number of methoxy groups -OCH3 is 2. The first-order valence-corrected chi connectivity index (χ1v) is 9.26. The fraction of sp³-hybridized carbons (Fsp3) is 0.429. The molecule has 0 saturated carbocycles. The number of pyridine rings is 1. The number of carbonyl (C=O) groups is 1. The predicted octanol–water partition coefficient (Wildman–Crippen LogP) is 1.53. The largest absolute Gasteiger partial charge is 0.508 e. The average molecular weight is 404 g/mol. The van der Waals surface area contributed by atoms with Gasteiger partial charge in [0.25, 0.3) is 0 Å². The number of hydrogen-bond acceptors (Lipinski definition) is 8. The van der Waals surface area contributed by atoms with E-state index in [9.17, 15) is 15.0 Å². The molecular formula is C21H28N2O6. The van der Waals surface area contributed by atoms with E-state index in [0.29, 0.717) is 23.6 Å². The number of nitrogens with one attached hydrogen (secondary N) is 1. The summed E-state index contributed by atoms with van der Waals surface area (Å²) in [6.45, 7) is 3.81. The third kappa shape index (κ3) is 6.62. The number of carbonyl (C=O) groups excluding carboxylic acids is 1. The van der Waals surface area contributed by atoms with Crippen molar-refractivity contribution in [1.82, 2.24) is 10.3 Å². The van der Waals surface area contributed by atoms with Crippen LogP contribution < -0.4 is 14.8 Å². The van der Waals surface area contributed by atoms with Crippen LogP contribution in [-0.2, 0) is 16.0 Å². The number of benzene rings is 1. The number of aliphatic hydroxyl groups excluding tert-OH is 1. The molecule has 8 heteroatoms. The fourth-order valence-electron chi connectivity index (χ4n) is 2.91. The Kier molecular flexibility index (Phi) is 8.23. The first-order valence-electron chi connectivity index (χ1n) is 9.26. The van der Waals surface area contributed by atoms with Gasteiger partial charge < -0.3 is 29.7 Å². The lowest BCUT2D eigenvalue weighted by molar-refractivity contribution is -0.143. The van der Waals surface area contributed by atoms with Crippen LogP contribution in [0.25, 0.3) is 0 Å². The Morgan fingerprint density at radius 2 is 1.90 bits per heavy atom. The molecular weight excluding hydrogens is 376 g/mol. The van der Waals surface area contributed by atoms with Gasteiger partial charge in [-0.1, -0.05) is 12.1 Å². The van der Waals surface area contributed by atoms with Crippen LogP contribution in [0.1, 0.15) is 17.0 Å². The summed E-state index contributed by atoms with van der Waals surface area (Å²) in [5.74, 6) is 0.745. The van der Waals surface area contributed by atoms with E-state index >= 15 is 0 Å². The van der Waals surface area contributed by atoms with Crippen molar-refractivity contribution in [1.29, 1.82) is 0 Å². The van der Waals surface area contributed by atoms with Gasteiger partial charge in [0.15, 0.2) is 11.5 Å². The molecule has 1 heterocycles. The van der Waals surface area contributed by atoms with Crippen molar-refractivity contribution >= 4 is 5.97 Å². The number of rotatable bonds is 10. The van der Waals surface area contributed by atoms with Gasteiger partial charge in [-0.15, -0.1) is 0 Å². The Labute approximate surface area is 170 Å². The summed E-state index contributed by atoms with van der Waals surface area (Å²) in [6, 6.07) is 7.67. The molecule has 1 aromatic carbocycles. The van der Waals surface area contributed by atoms with Crippen molar-refractivity contribution in [2.45, 2.75) is 32.4 Å². The van der Waals surface area contributed by atoms with E-state index in [1.54, 1.807) is 30.3 Å². The Balaban J connectivity index is 1.93. The predicted molar refractivity (Wildman–Crippen MR) is 107 cm³/mol. The van der Waals surface area contributed by atoms with E-state index in [-0.39, 0.29) is 18.9 Å². The quantitative estimate of drug-likeness (QED) is 0.512. The first kappa shape index (κ1) is 22.4. The molecule has 0 spiro atoms. The first-order chi connectivity index (χ1) is 13.8. The van der Waals surface area contributed by atoms with Crippen molar-refractivity contribution in [3.63, 3.8) is 0 Å². The van der Waals surface area contributed by atoms with Gasteiger partial charge in [0.1, 0.15) is 24.5 Å². The molecule has 0 aliphatic rings. The van der Waals surface area contributed by atoms with E-state index in [1.165, 1.54) is 14.2 Å². The van der Waals surface area contributed by atoms with Crippen LogP contribution in [0.3, 0.4) is 0 Å². The van der Waals surface area contributed by atoms with E-state index in [4.69, 9.17) is 14.2 Å². The van der Waals surface area contributed by atoms with Crippen LogP contribution in [0.4, 0.5) is 0 Å². The van der Waals surface area contributed by atoms with E-state index in [2.05, 4.69) is 10.3 Å². The summed E-state index contributed by atoms with van der Waals surface area (Å²) < 4.78 is 15.9. The summed E-state index contributed by atoms with van der Waals surface area (Å²) >= 11 is 0. The van der Waals surface area contributed by atoms with Gasteiger partial charge in [0.05, 0.1) is 19.9 Å². The van der Waals surface area contributed by atoms with Crippen LogP contribution in [0.2, 0.25) is 0 Å². The highest BCUT2D eigenvalue weighted by Crippen LogP contribution is 2.30. The number of ether oxygens (including phenoxy) is 3. The standard InChI is InChI=1S/C21H28N2O6/c1-13-9-19(20(27-3)14(2)23-13)29-12-17(25)11-22-18(21(26)28-4)10-15-5-7-16(24)8-6-15/h5-9,17-18,22,24-25H,10-12H2,1-4H3. The highest BCUT2D eigenvalue weighted by molar-refractivity contribution is 5.76. The minimum atomic E-state index is -0.861. The molecule has 2 unspecified atom stereocenters. The SMILES string of the molecule is COC(=O)C(Cc1ccc(O)cc1)NCC(O)COc1cc(C)nc(C)c1OC. The number of aryl methyl sites for hydroxylation is 2. The minimum Gasteiger partial charge on any atom is -0.508 e. The zero-order valence-corrected chi connectivity index (χ0v) is 17.1. The molecule has 8 nitrogen and oxygen atoms in total. The van der Waals surface area contributed by atoms with Crippen LogP contribution in [0.5, 0.6) is 17.2 Å². The van der Waals surface area contributed by atoms with Gasteiger partial charge in [-0.3, -0.25) is 9.78 Å². The molecule has 2 aromatic rings. The molecule has 0 fully saturated rings. The Morgan fingerprint density at radius 1 is 1.21 bits per heavy atom. The molecule has 0 amide bonds. The third-order valence-electron chi connectivity index (χ3n) is 4.33. The summed E-state index contributed by atoms with van der Waals surface area (Å²) in [6.07, 6.45) is -0.502. The fourth-order valence-corrected chi connectivity index (χ4v) is 2.91. The highest BCUT2D eigenvalue weighted by Gasteiger charge is 2.21. The summed E-state index contributed by atoms with van der Waals surface area (Å²) in [5, 5.41) is 22.7. The van der Waals surface area contributed by atoms with Gasteiger partial charge in [0.2, 0.25) is 0 Å². The maximum Gasteiger partial charge on any atom is 0.323 e. The number of aliphatic hydroxyl groups is 1. The van der Waals surface area contributed by atoms with Crippen LogP contribution in [-0.4, -0.2) is 60.7 Å². The lowest BCUT2D eigenvalue weighted by Gasteiger charge is -2.20. The van der Waals surface area contributed by atoms with Gasteiger partial charge >= 0.3 is 5.97 Å². The second kappa shape index (κ2) is 10.6. The third-order valence-corrected chi connectivity index (χ3v) is 4.33. The molecule has 3 N–H and O–H groups in total. The van der Waals surface area contributed by atoms with Crippen LogP contribution in [0, 0.1) is 13.8 Å². The second-order valence-corrected chi connectivity index (χ2v) is 6.70. The zero-order chi connectivity index (χ0) is 21.4. The normalized spacial score (nSPS) is 12.9. The molecule has 0 aliphatic carbocycles. The van der Waals surface area contributed by atoms with E-state index in [1.807, 2.05) is 13.8 Å². The van der Waals surface area contributed by atoms with Gasteiger partial charge in [-0.2, -0.15) is 0 Å². The van der Waals surface area contributed by atoms with Crippen LogP contribution in [0.15, 0.2) is 30.3 Å². The number of phenolic OH excluding ortho intramolecular Hbond substituents is 1. The van der Waals surface area contributed by atoms with Crippen molar-refractivity contribution < 1.29 is 29.2 Å². The second-order valence-electron chi connectivity index (χ2n) is 6.70. The van der Waals surface area contributed by atoms with Crippen molar-refractivity contribution in [2.24, 2.45) is 0 Å². The van der Waals surface area contributed by atoms with Gasteiger partial charge in [-0.25, -0.2) is 0 Å². The lowest BCUT2D eigenvalue weighted by Crippen LogP contribution is -2.44. The topological polar surface area (TPSA) is 110 Å². The number of hydrogen-bond donors (Lipinski definition) is 3. The highest BCUT2D eigenvalue weighted by atomic mass is 16.5. The molecule has 0 radical (unpaired) electrons. The summed E-state index contributed by atoms with van der Waals surface area (Å²) in [5.41, 5.74) is 2.34. The smallest absolute Gasteiger partial charge is 0.323 e. The number of aromatic nitrogens is 1. The van der Waals surface area contributed by atoms with Gasteiger partial charge in [0, 0.05) is 18.3 Å². The molecule has 0 bridgehead atoms. The van der Waals surface area contributed by atoms with Gasteiger partial charge in [-0.05, 0) is 38.0 Å². The molecule has 29 heavy (non-hydrogen) atoms. The molecule has 2 rings (SSSR count). The maximum atomic E-state index is 12.1. The van der Waals surface area contributed by atoms with E-state index < -0.39 is 18.1 Å². The summed E-state index contributed by atoms with van der Waals surface area (Å²) in [4.78, 5) is 16.4. The minimum absolute atomic E-state index is 0.0132. The zero-order valence-electron chi connectivity index (χ0n) is 17.1. The van der Waals surface area contributed by atoms with Crippen molar-refractivity contribution in [2.75, 3.05) is 27.4 Å². The molecule has 0 aliphatic heterocycles. The maximum absolute atomic E-state index is 12.1. The monoisotopic (exact) mass is 404 g/mol. The number of esters is 1. The number of aromatic hydroxyl groups is 1. The van der Waals surface area contributed by atoms with Crippen molar-refractivity contribution in [3.8, 4) is 17.2 Å². The van der Waals surface area contributed by atoms with Crippen molar-refractivity contribution in [3.05, 3.63) is 47.3 Å². The number of nitrogens with zero attached hydrogens (tertiary/aromatic N) is 1. The molecule has 2 atom stereocenters. The number of phenols is 1. The molecule has 158 valence electrons. The summed E-state index contributed by atoms with van der Waals surface area (Å²) in [7, 11) is 2.85. The molecule has 0 saturated heterocycles. The molecule has 1 aromatic heterocycles. The van der Waals surface area contributed by atoms with E-state index in [0.717, 1.165) is 11.3 Å².